The van der Waals surface area contributed by atoms with Crippen molar-refractivity contribution in [1.29, 1.82) is 0 Å². The van der Waals surface area contributed by atoms with E-state index in [0.717, 1.165) is 27.5 Å². The van der Waals surface area contributed by atoms with Crippen molar-refractivity contribution >= 4 is 17.9 Å². The lowest BCUT2D eigenvalue weighted by atomic mass is 9.98. The number of hydrogen-bond acceptors (Lipinski definition) is 3. The first-order valence-corrected chi connectivity index (χ1v) is 9.66. The maximum Gasteiger partial charge on any atom is 0.253 e. The Labute approximate surface area is 165 Å². The first kappa shape index (κ1) is 19.8. The van der Waals surface area contributed by atoms with Gasteiger partial charge in [-0.1, -0.05) is 18.2 Å². The molecule has 28 heavy (non-hydrogen) atoms. The highest BCUT2D eigenvalue weighted by molar-refractivity contribution is 5.86. The van der Waals surface area contributed by atoms with Crippen LogP contribution in [0.25, 0.3) is 6.08 Å². The number of nitrogens with one attached hydrogen (secondary N) is 1. The third kappa shape index (κ3) is 4.85. The van der Waals surface area contributed by atoms with E-state index in [2.05, 4.69) is 23.3 Å². The monoisotopic (exact) mass is 378 g/mol. The molecular weight excluding hydrogens is 352 g/mol. The smallest absolute Gasteiger partial charge is 0.253 e. The van der Waals surface area contributed by atoms with E-state index in [1.165, 1.54) is 5.56 Å². The van der Waals surface area contributed by atoms with Crippen molar-refractivity contribution in [3.63, 3.8) is 0 Å². The van der Waals surface area contributed by atoms with Crippen LogP contribution in [0.4, 0.5) is 0 Å². The highest BCUT2D eigenvalue weighted by Gasteiger charge is 2.18. The molecule has 1 unspecified atom stereocenters. The fourth-order valence-corrected chi connectivity index (χ4v) is 3.24. The summed E-state index contributed by atoms with van der Waals surface area (Å²) in [5.74, 6) is 0.306. The van der Waals surface area contributed by atoms with Crippen molar-refractivity contribution in [2.45, 2.75) is 33.6 Å². The van der Waals surface area contributed by atoms with E-state index < -0.39 is 0 Å². The van der Waals surface area contributed by atoms with Gasteiger partial charge in [0.05, 0.1) is 24.3 Å². The summed E-state index contributed by atoms with van der Waals surface area (Å²) in [6, 6.07) is 11.5. The molecule has 146 valence electrons. The summed E-state index contributed by atoms with van der Waals surface area (Å²) in [6.07, 6.45) is 2.82. The molecule has 0 aliphatic carbocycles. The molecule has 5 nitrogen and oxygen atoms in total. The van der Waals surface area contributed by atoms with Crippen molar-refractivity contribution in [3.8, 4) is 5.75 Å². The van der Waals surface area contributed by atoms with Gasteiger partial charge < -0.3 is 10.1 Å². The number of fused-ring (bicyclic) bond motifs is 1. The van der Waals surface area contributed by atoms with Gasteiger partial charge in [0.1, 0.15) is 5.75 Å². The molecule has 2 amide bonds. The minimum absolute atomic E-state index is 0.0590. The van der Waals surface area contributed by atoms with Gasteiger partial charge in [0.15, 0.2) is 0 Å². The molecule has 2 aromatic carbocycles. The second kappa shape index (κ2) is 8.83. The van der Waals surface area contributed by atoms with E-state index in [-0.39, 0.29) is 17.7 Å². The van der Waals surface area contributed by atoms with E-state index in [1.54, 1.807) is 0 Å². The van der Waals surface area contributed by atoms with E-state index in [9.17, 15) is 9.59 Å². The Kier molecular flexibility index (Phi) is 6.24. The van der Waals surface area contributed by atoms with Crippen LogP contribution in [0.5, 0.6) is 5.75 Å². The number of carbonyl (C=O) groups is 2. The number of aryl methyl sites for hydroxylation is 2. The second-order valence-corrected chi connectivity index (χ2v) is 7.11. The molecule has 0 spiro atoms. The van der Waals surface area contributed by atoms with Crippen molar-refractivity contribution in [2.24, 2.45) is 10.9 Å². The fourth-order valence-electron chi connectivity index (χ4n) is 3.24. The summed E-state index contributed by atoms with van der Waals surface area (Å²) < 4.78 is 5.40. The van der Waals surface area contributed by atoms with Crippen LogP contribution in [0.15, 0.2) is 41.4 Å². The van der Waals surface area contributed by atoms with Crippen LogP contribution < -0.4 is 20.6 Å². The van der Waals surface area contributed by atoms with Crippen LogP contribution in [-0.4, -0.2) is 25.0 Å². The van der Waals surface area contributed by atoms with Crippen LogP contribution in [-0.2, 0) is 16.0 Å². The molecule has 0 saturated heterocycles. The predicted molar refractivity (Wildman–Crippen MR) is 109 cm³/mol. The maximum absolute atomic E-state index is 12.3. The Hall–Kier alpha value is -2.95. The number of rotatable bonds is 7. The minimum Gasteiger partial charge on any atom is -0.494 e. The number of amides is 2. The summed E-state index contributed by atoms with van der Waals surface area (Å²) in [6.45, 7) is 7.06. The van der Waals surface area contributed by atoms with Gasteiger partial charge in [-0.3, -0.25) is 9.59 Å². The lowest BCUT2D eigenvalue weighted by Crippen LogP contribution is -2.36. The number of carbonyl (C=O) groups excluding carboxylic acids is 2. The minimum atomic E-state index is -0.291. The average Bonchev–Trinajstić information content (AvgIpc) is 2.66. The Morgan fingerprint density at radius 1 is 1.14 bits per heavy atom. The standard InChI is InChI=1S/C23H26N2O3/c1-4-28-20-7-5-17(6-8-20)13-22(26)24-10-9-18-14-19-11-15(2)16(3)12-21(19)25-23(18)27/h5-8,11-12,14,18H,4,9-10,13H2,1-3H3,(H,24,26). The molecule has 0 radical (unpaired) electrons. The first-order chi connectivity index (χ1) is 13.5. The zero-order chi connectivity index (χ0) is 20.1. The summed E-state index contributed by atoms with van der Waals surface area (Å²) in [7, 11) is 0. The van der Waals surface area contributed by atoms with E-state index in [4.69, 9.17) is 4.74 Å². The Morgan fingerprint density at radius 3 is 2.57 bits per heavy atom. The zero-order valence-corrected chi connectivity index (χ0v) is 16.6. The summed E-state index contributed by atoms with van der Waals surface area (Å²) in [5.41, 5.74) is 3.24. The lowest BCUT2D eigenvalue weighted by molar-refractivity contribution is -0.122. The summed E-state index contributed by atoms with van der Waals surface area (Å²) in [4.78, 5) is 28.7. The van der Waals surface area contributed by atoms with Crippen LogP contribution >= 0.6 is 0 Å². The highest BCUT2D eigenvalue weighted by atomic mass is 16.5. The topological polar surface area (TPSA) is 67.8 Å². The average molecular weight is 378 g/mol. The quantitative estimate of drug-likeness (QED) is 0.801. The molecule has 2 aromatic rings. The van der Waals surface area contributed by atoms with Crippen LogP contribution in [0.1, 0.15) is 30.0 Å². The molecule has 1 aliphatic rings. The van der Waals surface area contributed by atoms with E-state index in [0.29, 0.717) is 26.0 Å². The Bertz CT molecular complexity index is 994. The lowest BCUT2D eigenvalue weighted by Gasteiger charge is -2.13. The molecule has 0 aromatic heterocycles. The number of ether oxygens (including phenoxy) is 1. The zero-order valence-electron chi connectivity index (χ0n) is 16.6. The molecule has 1 aliphatic heterocycles. The van der Waals surface area contributed by atoms with Gasteiger partial charge in [-0.2, -0.15) is 0 Å². The number of hydrogen-bond donors (Lipinski definition) is 1. The third-order valence-corrected chi connectivity index (χ3v) is 4.95. The first-order valence-electron chi connectivity index (χ1n) is 9.66. The van der Waals surface area contributed by atoms with Crippen molar-refractivity contribution in [2.75, 3.05) is 13.2 Å². The molecule has 5 heteroatoms. The molecule has 0 saturated carbocycles. The van der Waals surface area contributed by atoms with E-state index >= 15 is 0 Å². The van der Waals surface area contributed by atoms with Gasteiger partial charge in [0, 0.05) is 6.54 Å². The van der Waals surface area contributed by atoms with Gasteiger partial charge in [0.25, 0.3) is 5.91 Å². The van der Waals surface area contributed by atoms with Crippen LogP contribution in [0.3, 0.4) is 0 Å². The van der Waals surface area contributed by atoms with Gasteiger partial charge >= 0.3 is 0 Å². The van der Waals surface area contributed by atoms with Crippen LogP contribution in [0.2, 0.25) is 0 Å². The number of nitrogens with zero attached hydrogens (tertiary/aromatic N) is 1. The molecule has 1 heterocycles. The normalized spacial score (nSPS) is 15.2. The molecular formula is C23H26N2O3. The van der Waals surface area contributed by atoms with Crippen LogP contribution in [0, 0.1) is 19.8 Å². The van der Waals surface area contributed by atoms with Gasteiger partial charge in [0.2, 0.25) is 5.91 Å². The van der Waals surface area contributed by atoms with E-state index in [1.807, 2.05) is 50.3 Å². The van der Waals surface area contributed by atoms with Gasteiger partial charge in [-0.05, 0) is 73.4 Å². The molecule has 1 N–H and O–H groups in total. The maximum atomic E-state index is 12.3. The van der Waals surface area contributed by atoms with Crippen molar-refractivity contribution < 1.29 is 14.3 Å². The molecule has 0 fully saturated rings. The fraction of sp³-hybridized carbons (Fsp3) is 0.348. The summed E-state index contributed by atoms with van der Waals surface area (Å²) >= 11 is 0. The third-order valence-electron chi connectivity index (χ3n) is 4.95. The summed E-state index contributed by atoms with van der Waals surface area (Å²) in [5, 5.41) is 4.63. The molecule has 3 rings (SSSR count). The second-order valence-electron chi connectivity index (χ2n) is 7.11. The Morgan fingerprint density at radius 2 is 1.86 bits per heavy atom. The molecule has 1 atom stereocenters. The van der Waals surface area contributed by atoms with Crippen molar-refractivity contribution in [1.82, 2.24) is 5.32 Å². The van der Waals surface area contributed by atoms with Crippen molar-refractivity contribution in [3.05, 3.63) is 63.7 Å². The largest absolute Gasteiger partial charge is 0.494 e. The molecule has 0 bridgehead atoms. The SMILES string of the molecule is CCOc1ccc(CC(=O)NCCC2C=c3cc(C)c(C)cc3=NC2=O)cc1. The Balaban J connectivity index is 1.54. The van der Waals surface area contributed by atoms with Gasteiger partial charge in [-0.25, -0.2) is 4.99 Å². The highest BCUT2D eigenvalue weighted by Crippen LogP contribution is 2.13. The number of benzene rings is 2. The predicted octanol–water partition coefficient (Wildman–Crippen LogP) is 2.01. The van der Waals surface area contributed by atoms with Gasteiger partial charge in [-0.15, -0.1) is 0 Å².